The molecule has 0 radical (unpaired) electrons. The van der Waals surface area contributed by atoms with Gasteiger partial charge in [0.15, 0.2) is 5.16 Å². The van der Waals surface area contributed by atoms with Crippen LogP contribution in [0, 0.1) is 19.7 Å². The SMILES string of the molecule is Cc1nn(-c2ccc(F)cc2)c(C)c1C(=O)Nc1ccc(Sc2nncn2C)cc1. The van der Waals surface area contributed by atoms with Crippen molar-refractivity contribution in [3.05, 3.63) is 77.6 Å². The summed E-state index contributed by atoms with van der Waals surface area (Å²) in [5, 5.41) is 16.1. The summed E-state index contributed by atoms with van der Waals surface area (Å²) in [7, 11) is 1.88. The van der Waals surface area contributed by atoms with Crippen molar-refractivity contribution in [3.8, 4) is 5.69 Å². The van der Waals surface area contributed by atoms with E-state index in [4.69, 9.17) is 0 Å². The van der Waals surface area contributed by atoms with Gasteiger partial charge in [-0.25, -0.2) is 9.07 Å². The van der Waals surface area contributed by atoms with Gasteiger partial charge in [-0.15, -0.1) is 10.2 Å². The Labute approximate surface area is 176 Å². The topological polar surface area (TPSA) is 77.6 Å². The number of nitrogens with one attached hydrogen (secondary N) is 1. The molecule has 0 saturated carbocycles. The number of anilines is 1. The lowest BCUT2D eigenvalue weighted by Crippen LogP contribution is -2.14. The van der Waals surface area contributed by atoms with Gasteiger partial charge in [0, 0.05) is 17.6 Å². The first-order valence-electron chi connectivity index (χ1n) is 9.18. The first kappa shape index (κ1) is 19.8. The average Bonchev–Trinajstić information content (AvgIpc) is 3.26. The van der Waals surface area contributed by atoms with Crippen LogP contribution < -0.4 is 5.32 Å². The summed E-state index contributed by atoms with van der Waals surface area (Å²) in [6, 6.07) is 13.5. The van der Waals surface area contributed by atoms with Crippen LogP contribution in [0.25, 0.3) is 5.69 Å². The molecule has 0 spiro atoms. The van der Waals surface area contributed by atoms with E-state index in [1.54, 1.807) is 30.1 Å². The molecule has 0 aliphatic heterocycles. The van der Waals surface area contributed by atoms with Crippen molar-refractivity contribution in [2.75, 3.05) is 5.32 Å². The zero-order valence-corrected chi connectivity index (χ0v) is 17.4. The van der Waals surface area contributed by atoms with Gasteiger partial charge in [-0.05, 0) is 74.1 Å². The highest BCUT2D eigenvalue weighted by molar-refractivity contribution is 7.99. The van der Waals surface area contributed by atoms with E-state index in [-0.39, 0.29) is 11.7 Å². The van der Waals surface area contributed by atoms with E-state index in [9.17, 15) is 9.18 Å². The Morgan fingerprint density at radius 1 is 1.07 bits per heavy atom. The fourth-order valence-corrected chi connectivity index (χ4v) is 3.84. The summed E-state index contributed by atoms with van der Waals surface area (Å²) in [6.07, 6.45) is 1.65. The van der Waals surface area contributed by atoms with Crippen LogP contribution in [-0.2, 0) is 7.05 Å². The molecule has 4 rings (SSSR count). The lowest BCUT2D eigenvalue weighted by atomic mass is 10.1. The highest BCUT2D eigenvalue weighted by Crippen LogP contribution is 2.27. The fourth-order valence-electron chi connectivity index (χ4n) is 3.08. The molecule has 0 bridgehead atoms. The quantitative estimate of drug-likeness (QED) is 0.523. The number of aromatic nitrogens is 5. The molecule has 9 heteroatoms. The van der Waals surface area contributed by atoms with Crippen LogP contribution in [0.4, 0.5) is 10.1 Å². The summed E-state index contributed by atoms with van der Waals surface area (Å²) >= 11 is 1.49. The minimum absolute atomic E-state index is 0.243. The molecule has 0 atom stereocenters. The van der Waals surface area contributed by atoms with Crippen LogP contribution in [0.3, 0.4) is 0 Å². The second kappa shape index (κ2) is 8.11. The molecule has 7 nitrogen and oxygen atoms in total. The highest BCUT2D eigenvalue weighted by Gasteiger charge is 2.19. The largest absolute Gasteiger partial charge is 0.322 e. The van der Waals surface area contributed by atoms with Gasteiger partial charge in [-0.1, -0.05) is 0 Å². The lowest BCUT2D eigenvalue weighted by Gasteiger charge is -2.08. The molecular weight excluding hydrogens is 403 g/mol. The Bertz CT molecular complexity index is 1200. The number of rotatable bonds is 5. The van der Waals surface area contributed by atoms with Crippen LogP contribution in [0.1, 0.15) is 21.7 Å². The number of halogens is 1. The maximum absolute atomic E-state index is 13.2. The van der Waals surface area contributed by atoms with Crippen molar-refractivity contribution in [1.82, 2.24) is 24.5 Å². The molecule has 0 unspecified atom stereocenters. The van der Waals surface area contributed by atoms with Gasteiger partial charge >= 0.3 is 0 Å². The Kier molecular flexibility index (Phi) is 5.37. The summed E-state index contributed by atoms with van der Waals surface area (Å²) in [5.41, 5.74) is 3.16. The highest BCUT2D eigenvalue weighted by atomic mass is 32.2. The Morgan fingerprint density at radius 2 is 1.77 bits per heavy atom. The Morgan fingerprint density at radius 3 is 2.40 bits per heavy atom. The van der Waals surface area contributed by atoms with Gasteiger partial charge in [0.1, 0.15) is 12.1 Å². The molecule has 2 heterocycles. The summed E-state index contributed by atoms with van der Waals surface area (Å²) in [5.74, 6) is -0.564. The molecule has 152 valence electrons. The van der Waals surface area contributed by atoms with Crippen LogP contribution in [-0.4, -0.2) is 30.5 Å². The number of nitrogens with zero attached hydrogens (tertiary/aromatic N) is 5. The third kappa shape index (κ3) is 3.97. The van der Waals surface area contributed by atoms with Crippen LogP contribution in [0.5, 0.6) is 0 Å². The molecular formula is C21H19FN6OS. The smallest absolute Gasteiger partial charge is 0.259 e. The maximum Gasteiger partial charge on any atom is 0.259 e. The normalized spacial score (nSPS) is 10.9. The molecule has 0 aliphatic rings. The molecule has 2 aromatic carbocycles. The van der Waals surface area contributed by atoms with E-state index in [0.717, 1.165) is 10.1 Å². The first-order valence-corrected chi connectivity index (χ1v) is 9.99. The van der Waals surface area contributed by atoms with E-state index < -0.39 is 0 Å². The van der Waals surface area contributed by atoms with Gasteiger partial charge in [0.2, 0.25) is 0 Å². The molecule has 2 aromatic heterocycles. The number of benzene rings is 2. The molecule has 0 fully saturated rings. The molecule has 1 N–H and O–H groups in total. The van der Waals surface area contributed by atoms with Crippen LogP contribution in [0.2, 0.25) is 0 Å². The minimum atomic E-state index is -0.320. The van der Waals surface area contributed by atoms with Crippen molar-refractivity contribution >= 4 is 23.4 Å². The average molecular weight is 422 g/mol. The second-order valence-corrected chi connectivity index (χ2v) is 7.78. The predicted molar refractivity (Wildman–Crippen MR) is 113 cm³/mol. The van der Waals surface area contributed by atoms with Crippen molar-refractivity contribution in [3.63, 3.8) is 0 Å². The van der Waals surface area contributed by atoms with Crippen molar-refractivity contribution in [2.45, 2.75) is 23.9 Å². The molecule has 4 aromatic rings. The third-order valence-corrected chi connectivity index (χ3v) is 5.64. The van der Waals surface area contributed by atoms with Crippen molar-refractivity contribution in [2.24, 2.45) is 7.05 Å². The minimum Gasteiger partial charge on any atom is -0.322 e. The third-order valence-electron chi connectivity index (χ3n) is 4.58. The summed E-state index contributed by atoms with van der Waals surface area (Å²) < 4.78 is 16.7. The van der Waals surface area contributed by atoms with Crippen LogP contribution in [0.15, 0.2) is 64.9 Å². The van der Waals surface area contributed by atoms with Gasteiger partial charge < -0.3 is 9.88 Å². The number of carbonyl (C=O) groups excluding carboxylic acids is 1. The monoisotopic (exact) mass is 422 g/mol. The molecule has 0 aliphatic carbocycles. The lowest BCUT2D eigenvalue weighted by molar-refractivity contribution is 0.102. The standard InChI is InChI=1S/C21H19FN6OS/c1-13-19(14(2)28(26-13)17-8-4-15(22)5-9-17)20(29)24-16-6-10-18(11-7-16)30-21-25-23-12-27(21)3/h4-12H,1-3H3,(H,24,29). The van der Waals surface area contributed by atoms with E-state index >= 15 is 0 Å². The second-order valence-electron chi connectivity index (χ2n) is 6.74. The van der Waals surface area contributed by atoms with E-state index in [0.29, 0.717) is 28.3 Å². The molecule has 0 saturated heterocycles. The van der Waals surface area contributed by atoms with Gasteiger partial charge in [-0.2, -0.15) is 5.10 Å². The summed E-state index contributed by atoms with van der Waals surface area (Å²) in [4.78, 5) is 13.9. The van der Waals surface area contributed by atoms with E-state index in [2.05, 4.69) is 20.6 Å². The molecule has 30 heavy (non-hydrogen) atoms. The maximum atomic E-state index is 13.2. The van der Waals surface area contributed by atoms with Gasteiger partial charge in [-0.3, -0.25) is 4.79 Å². The Hall–Kier alpha value is -3.46. The van der Waals surface area contributed by atoms with Gasteiger partial charge in [0.05, 0.1) is 22.6 Å². The van der Waals surface area contributed by atoms with Crippen molar-refractivity contribution in [1.29, 1.82) is 0 Å². The van der Waals surface area contributed by atoms with Crippen LogP contribution >= 0.6 is 11.8 Å². The number of amides is 1. The number of carbonyl (C=O) groups is 1. The first-order chi connectivity index (χ1) is 14.4. The number of hydrogen-bond donors (Lipinski definition) is 1. The number of aryl methyl sites for hydroxylation is 2. The Balaban J connectivity index is 1.51. The van der Waals surface area contributed by atoms with E-state index in [1.807, 2.05) is 42.8 Å². The zero-order valence-electron chi connectivity index (χ0n) is 16.6. The molecule has 1 amide bonds. The number of hydrogen-bond acceptors (Lipinski definition) is 5. The summed E-state index contributed by atoms with van der Waals surface area (Å²) in [6.45, 7) is 3.60. The zero-order chi connectivity index (χ0) is 21.3. The van der Waals surface area contributed by atoms with E-state index in [1.165, 1.54) is 23.9 Å². The van der Waals surface area contributed by atoms with Gasteiger partial charge in [0.25, 0.3) is 5.91 Å². The fraction of sp³-hybridized carbons (Fsp3) is 0.143. The van der Waals surface area contributed by atoms with Crippen molar-refractivity contribution < 1.29 is 9.18 Å². The predicted octanol–water partition coefficient (Wildman–Crippen LogP) is 4.16.